The first kappa shape index (κ1) is 111. The number of halogens is 2. The smallest absolute Gasteiger partial charge is 0.870 e. The van der Waals surface area contributed by atoms with Crippen LogP contribution in [0.1, 0.15) is 101 Å². The number of benzene rings is 16. The monoisotopic (exact) mass is 1940 g/mol. The third kappa shape index (κ3) is 27.4. The second-order valence-electron chi connectivity index (χ2n) is 33.5. The van der Waals surface area contributed by atoms with E-state index < -0.39 is 65.5 Å². The summed E-state index contributed by atoms with van der Waals surface area (Å²) in [6.07, 6.45) is 0.492. The summed E-state index contributed by atoms with van der Waals surface area (Å²) in [5.41, 5.74) is 11.4. The molecule has 2 heterocycles. The van der Waals surface area contributed by atoms with Gasteiger partial charge in [-0.2, -0.15) is 0 Å². The van der Waals surface area contributed by atoms with Gasteiger partial charge in [0, 0.05) is 124 Å². The van der Waals surface area contributed by atoms with Crippen molar-refractivity contribution in [2.75, 3.05) is 41.6 Å². The second-order valence-corrected chi connectivity index (χ2v) is 33.5. The summed E-state index contributed by atoms with van der Waals surface area (Å²) in [5, 5.41) is 52.0. The normalized spacial score (nSPS) is 11.4. The minimum atomic E-state index is -1.37. The fourth-order valence-electron chi connectivity index (χ4n) is 17.1. The molecule has 726 valence electrons. The summed E-state index contributed by atoms with van der Waals surface area (Å²) >= 11 is 0. The van der Waals surface area contributed by atoms with E-state index in [9.17, 15) is 62.5 Å². The number of nitrogens with zero attached hydrogens (tertiary/aromatic N) is 2. The Morgan fingerprint density at radius 2 is 0.524 bits per heavy atom. The van der Waals surface area contributed by atoms with Crippen molar-refractivity contribution in [3.05, 3.63) is 467 Å². The Morgan fingerprint density at radius 3 is 0.796 bits per heavy atom. The molecule has 18 aromatic rings. The fourth-order valence-corrected chi connectivity index (χ4v) is 17.1. The van der Waals surface area contributed by atoms with Crippen LogP contribution in [0.2, 0.25) is 0 Å². The van der Waals surface area contributed by atoms with Crippen molar-refractivity contribution >= 4 is 113 Å². The van der Waals surface area contributed by atoms with E-state index in [2.05, 4.69) is 78.9 Å². The second kappa shape index (κ2) is 52.3. The summed E-state index contributed by atoms with van der Waals surface area (Å²) in [6, 6.07) is 108. The number of nitrogens with one attached hydrogen (secondary N) is 4. The van der Waals surface area contributed by atoms with Crippen LogP contribution >= 0.6 is 0 Å². The topological polar surface area (TPSA) is 337 Å². The summed E-state index contributed by atoms with van der Waals surface area (Å²) < 4.78 is 61.0. The molecule has 0 aliphatic heterocycles. The Morgan fingerprint density at radius 1 is 0.299 bits per heavy atom. The van der Waals surface area contributed by atoms with Gasteiger partial charge in [-0.15, -0.1) is 0 Å². The van der Waals surface area contributed by atoms with Crippen molar-refractivity contribution in [2.45, 2.75) is 77.8 Å². The van der Waals surface area contributed by atoms with Gasteiger partial charge in [0.25, 0.3) is 0 Å². The van der Waals surface area contributed by atoms with Gasteiger partial charge in [0.2, 0.25) is 0 Å². The minimum Gasteiger partial charge on any atom is -0.870 e. The summed E-state index contributed by atoms with van der Waals surface area (Å²) in [6.45, 7) is 2.18. The van der Waals surface area contributed by atoms with E-state index in [1.165, 1.54) is 77.2 Å². The van der Waals surface area contributed by atoms with E-state index in [-0.39, 0.29) is 137 Å². The molecule has 0 aliphatic rings. The van der Waals surface area contributed by atoms with Crippen molar-refractivity contribution < 1.29 is 148 Å². The van der Waals surface area contributed by atoms with E-state index in [0.717, 1.165) is 38.8 Å². The number of aliphatic carboxylic acids is 3. The minimum absolute atomic E-state index is 0. The molecular weight excluding hydrogens is 1840 g/mol. The predicted molar refractivity (Wildman–Crippen MR) is 550 cm³/mol. The van der Waals surface area contributed by atoms with Crippen molar-refractivity contribution in [3.63, 3.8) is 0 Å². The van der Waals surface area contributed by atoms with E-state index in [0.29, 0.717) is 117 Å². The van der Waals surface area contributed by atoms with Crippen LogP contribution in [-0.2, 0) is 62.7 Å². The summed E-state index contributed by atoms with van der Waals surface area (Å²) in [7, 11) is 1.29. The van der Waals surface area contributed by atoms with Crippen molar-refractivity contribution in [1.82, 2.24) is 9.13 Å². The number of ether oxygens (including phenoxy) is 5. The molecule has 6 N–H and O–H groups in total. The Kier molecular flexibility index (Phi) is 39.5. The van der Waals surface area contributed by atoms with E-state index in [1.807, 2.05) is 109 Å². The van der Waals surface area contributed by atoms with Crippen LogP contribution in [-0.4, -0.2) is 111 Å². The maximum Gasteiger partial charge on any atom is 1.00 e. The number of methoxy groups -OCH3 is 1. The van der Waals surface area contributed by atoms with Crippen LogP contribution in [0.4, 0.5) is 31.5 Å². The summed E-state index contributed by atoms with van der Waals surface area (Å²) in [5.74, 6) is -3.37. The standard InChI is InChI=1S/C59H48FN3O8.C58H46FN3O8.2CH4.3Li.H2O/c1-69-59(68)53(62-51-15-7-3-13-49(51)56(64)40-22-26-42(60)27-23-40)37-39-20-30-44(31-21-39)71-45-32-24-41(25-33-45)57(65)48-12-2-6-14-50(48)61-52(58(66)67)36-38-18-28-43(29-19-38)70-35-34-63-54-16-8-4-10-46(54)47-11-5-9-17-55(47)63;59-41-25-21-39(22-26-41)55(63)47-11-1-5-13-49(47)60-52(58(67)68)36-38-19-29-43(30-20-38)70-44-31-23-40(24-32-44)56(64)48-12-2-6-14-50(48)61-51(57(65)66)35-37-17-27-42(28-18-37)69-34-33-62-53-15-7-3-9-45(53)46-10-4-8-16-54(46)62;;;;;;/h2-33,52-53,61-62H,34-37H2,1H3,(H,66,67);1-32,51-52,60-61H,33-36H2,(H,65,66)(H,67,68);2*1H4;;;;1H2/q;;;;3*+1;/p-3. The van der Waals surface area contributed by atoms with Gasteiger partial charge in [0.05, 0.1) is 44.2 Å². The molecule has 28 heteroatoms. The molecule has 4 atom stereocenters. The Labute approximate surface area is 884 Å². The van der Waals surface area contributed by atoms with Gasteiger partial charge >= 0.3 is 68.5 Å². The third-order valence-corrected chi connectivity index (χ3v) is 24.3. The molecule has 23 nitrogen and oxygen atoms in total. The molecule has 0 amide bonds. The van der Waals surface area contributed by atoms with Gasteiger partial charge in [-0.25, -0.2) is 18.4 Å². The first-order chi connectivity index (χ1) is 68.7. The Balaban J connectivity index is 0.000000269. The number of anilines is 4. The average molecular weight is 1950 g/mol. The van der Waals surface area contributed by atoms with Gasteiger partial charge in [-0.3, -0.25) is 19.2 Å². The molecule has 16 aromatic carbocycles. The molecule has 0 aliphatic carbocycles. The number of para-hydroxylation sites is 8. The zero-order valence-corrected chi connectivity index (χ0v) is 79.6. The van der Waals surface area contributed by atoms with Gasteiger partial charge in [0.15, 0.2) is 23.1 Å². The number of hydrogen-bond acceptors (Lipinski definition) is 20. The molecule has 0 bridgehead atoms. The van der Waals surface area contributed by atoms with E-state index in [4.69, 9.17) is 23.7 Å². The number of carboxylic acids is 3. The molecule has 0 saturated heterocycles. The summed E-state index contributed by atoms with van der Waals surface area (Å²) in [4.78, 5) is 105. The van der Waals surface area contributed by atoms with Crippen LogP contribution in [0.5, 0.6) is 34.5 Å². The van der Waals surface area contributed by atoms with Crippen molar-refractivity contribution in [3.8, 4) is 34.5 Å². The largest absolute Gasteiger partial charge is 1.00 e. The van der Waals surface area contributed by atoms with Crippen LogP contribution in [0, 0.1) is 11.6 Å². The first-order valence-corrected chi connectivity index (χ1v) is 45.6. The first-order valence-electron chi connectivity index (χ1n) is 45.6. The number of fused-ring (bicyclic) bond motifs is 6. The predicted octanol–water partition coefficient (Wildman–Crippen LogP) is 12.5. The molecule has 147 heavy (non-hydrogen) atoms. The number of carboxylic acid groups (broad SMARTS) is 3. The van der Waals surface area contributed by atoms with Crippen LogP contribution in [0.25, 0.3) is 43.6 Å². The SMILES string of the molecule is C.C.COC(=O)C(Cc1ccc(Oc2ccc(C(=O)c3ccccc3NC(Cc3ccc(OCCn4c5ccccc5c5ccccc54)cc3)C(=O)O)cc2)cc1)Nc1ccccc1C(=O)c1ccc(F)cc1.O=C(c1ccc(F)cc1)c1ccccc1NC(Cc1ccc(Oc2ccc(C(=O)c3ccccc3NC(Cc3ccc(OCCn4c5ccccc5c5ccccc54)cc3)C(=O)[O-])cc2)cc1)C(=O)[O-].[Li+].[Li+].[Li+].[OH-]. The van der Waals surface area contributed by atoms with E-state index >= 15 is 0 Å². The number of carbonyl (C=O) groups is 8. The molecule has 4 unspecified atom stereocenters. The van der Waals surface area contributed by atoms with Crippen LogP contribution in [0.15, 0.2) is 388 Å². The fraction of sp³-hybridized carbons (Fsp3) is 0.126. The average Bonchev–Trinajstić information content (AvgIpc) is 1.62. The molecule has 18 rings (SSSR count). The molecular formula is C119H101F2Li3N6O17. The zero-order chi connectivity index (χ0) is 97.8. The number of carbonyl (C=O) groups excluding carboxylic acids is 7. The van der Waals surface area contributed by atoms with Gasteiger partial charge < -0.3 is 84.5 Å². The number of hydrogen-bond donors (Lipinski definition) is 5. The molecule has 0 spiro atoms. The van der Waals surface area contributed by atoms with Crippen molar-refractivity contribution in [1.29, 1.82) is 0 Å². The quantitative estimate of drug-likeness (QED) is 0.0135. The van der Waals surface area contributed by atoms with Crippen LogP contribution < -0.4 is 107 Å². The molecule has 0 saturated carbocycles. The number of aromatic nitrogens is 2. The number of rotatable bonds is 40. The molecule has 0 fully saturated rings. The third-order valence-electron chi connectivity index (χ3n) is 24.3. The Bertz CT molecular complexity index is 7510. The molecule has 2 aromatic heterocycles. The molecule has 0 radical (unpaired) electrons. The number of esters is 1. The van der Waals surface area contributed by atoms with E-state index in [1.54, 1.807) is 182 Å². The van der Waals surface area contributed by atoms with Gasteiger partial charge in [0.1, 0.15) is 71.4 Å². The maximum atomic E-state index is 13.9. The zero-order valence-electron chi connectivity index (χ0n) is 79.6. The van der Waals surface area contributed by atoms with Crippen molar-refractivity contribution in [2.24, 2.45) is 0 Å². The number of ketones is 4. The maximum absolute atomic E-state index is 13.9. The van der Waals surface area contributed by atoms with Gasteiger partial charge in [-0.05, 0) is 253 Å². The Hall–Kier alpha value is -16.3. The van der Waals surface area contributed by atoms with Gasteiger partial charge in [-0.1, -0.05) is 185 Å². The van der Waals surface area contributed by atoms with Crippen LogP contribution in [0.3, 0.4) is 0 Å².